The van der Waals surface area contributed by atoms with E-state index in [2.05, 4.69) is 0 Å². The summed E-state index contributed by atoms with van der Waals surface area (Å²) in [5, 5.41) is 9.39. The van der Waals surface area contributed by atoms with E-state index in [0.29, 0.717) is 16.5 Å². The summed E-state index contributed by atoms with van der Waals surface area (Å²) in [7, 11) is 2.66. The number of rotatable bonds is 6. The third-order valence-electron chi connectivity index (χ3n) is 3.81. The first-order valence-corrected chi connectivity index (χ1v) is 8.73. The molecule has 1 aliphatic rings. The Morgan fingerprint density at radius 3 is 2.58 bits per heavy atom. The van der Waals surface area contributed by atoms with Crippen LogP contribution in [0.2, 0.25) is 0 Å². The summed E-state index contributed by atoms with van der Waals surface area (Å²) in [6.45, 7) is 0. The third-order valence-corrected chi connectivity index (χ3v) is 5.38. The van der Waals surface area contributed by atoms with Crippen molar-refractivity contribution in [3.05, 3.63) is 29.8 Å². The normalized spacial score (nSPS) is 18.3. The highest BCUT2D eigenvalue weighted by atomic mass is 32.2. The highest BCUT2D eigenvalue weighted by Crippen LogP contribution is 2.30. The minimum atomic E-state index is -0.628. The second-order valence-electron chi connectivity index (χ2n) is 5.33. The summed E-state index contributed by atoms with van der Waals surface area (Å²) in [5.41, 5.74) is 0.861. The maximum atomic E-state index is 12.3. The maximum Gasteiger partial charge on any atom is 0.328 e. The van der Waals surface area contributed by atoms with Gasteiger partial charge >= 0.3 is 11.9 Å². The van der Waals surface area contributed by atoms with Crippen LogP contribution < -0.4 is 0 Å². The number of aromatic hydroxyl groups is 1. The number of nitrogens with zero attached hydrogens (tertiary/aromatic N) is 1. The number of carbonyl (C=O) groups is 2. The molecule has 0 amide bonds. The van der Waals surface area contributed by atoms with Gasteiger partial charge in [0.05, 0.1) is 26.7 Å². The largest absolute Gasteiger partial charge is 0.508 e. The van der Waals surface area contributed by atoms with Crippen LogP contribution in [0.5, 0.6) is 5.75 Å². The van der Waals surface area contributed by atoms with Crippen molar-refractivity contribution >= 4 is 40.2 Å². The molecule has 1 fully saturated rings. The van der Waals surface area contributed by atoms with Crippen LogP contribution in [0.25, 0.3) is 0 Å². The van der Waals surface area contributed by atoms with E-state index in [1.807, 2.05) is 0 Å². The van der Waals surface area contributed by atoms with Gasteiger partial charge in [0, 0.05) is 12.2 Å². The number of benzene rings is 1. The minimum absolute atomic E-state index is 0.157. The van der Waals surface area contributed by atoms with Crippen LogP contribution in [-0.2, 0) is 25.5 Å². The summed E-state index contributed by atoms with van der Waals surface area (Å²) < 4.78 is 10.2. The van der Waals surface area contributed by atoms with Gasteiger partial charge in [-0.3, -0.25) is 4.79 Å². The summed E-state index contributed by atoms with van der Waals surface area (Å²) in [6.07, 6.45) is 0.526. The number of carbonyl (C=O) groups excluding carboxylic acids is 2. The van der Waals surface area contributed by atoms with E-state index < -0.39 is 12.0 Å². The van der Waals surface area contributed by atoms with E-state index in [0.717, 1.165) is 5.56 Å². The zero-order valence-electron chi connectivity index (χ0n) is 13.4. The molecule has 2 atom stereocenters. The Balaban J connectivity index is 2.24. The quantitative estimate of drug-likeness (QED) is 0.600. The zero-order valence-corrected chi connectivity index (χ0v) is 15.1. The fraction of sp³-hybridized carbons (Fsp3) is 0.438. The molecule has 130 valence electrons. The molecule has 24 heavy (non-hydrogen) atoms. The van der Waals surface area contributed by atoms with Crippen LogP contribution in [0.15, 0.2) is 24.3 Å². The van der Waals surface area contributed by atoms with Gasteiger partial charge in [0.1, 0.15) is 16.1 Å². The number of thiocarbonyl (C=S) groups is 1. The molecule has 0 spiro atoms. The van der Waals surface area contributed by atoms with Gasteiger partial charge in [-0.1, -0.05) is 36.1 Å². The predicted molar refractivity (Wildman–Crippen MR) is 94.9 cm³/mol. The third kappa shape index (κ3) is 4.39. The molecule has 0 bridgehead atoms. The van der Waals surface area contributed by atoms with Crippen molar-refractivity contribution in [2.45, 2.75) is 24.9 Å². The summed E-state index contributed by atoms with van der Waals surface area (Å²) in [4.78, 5) is 25.7. The molecule has 1 aromatic carbocycles. The maximum absolute atomic E-state index is 12.3. The zero-order chi connectivity index (χ0) is 17.7. The van der Waals surface area contributed by atoms with E-state index in [-0.39, 0.29) is 24.2 Å². The van der Waals surface area contributed by atoms with Gasteiger partial charge in [0.25, 0.3) is 0 Å². The number of phenolic OH excluding ortho intramolecular Hbond substituents is 1. The molecule has 1 unspecified atom stereocenters. The fourth-order valence-corrected chi connectivity index (χ4v) is 4.09. The van der Waals surface area contributed by atoms with Crippen molar-refractivity contribution in [1.29, 1.82) is 0 Å². The van der Waals surface area contributed by atoms with Gasteiger partial charge in [-0.15, -0.1) is 0 Å². The molecule has 1 heterocycles. The Labute approximate surface area is 150 Å². The van der Waals surface area contributed by atoms with E-state index in [4.69, 9.17) is 21.7 Å². The van der Waals surface area contributed by atoms with Crippen LogP contribution in [0, 0.1) is 0 Å². The molecule has 1 N–H and O–H groups in total. The van der Waals surface area contributed by atoms with E-state index in [1.165, 1.54) is 26.0 Å². The van der Waals surface area contributed by atoms with Crippen LogP contribution in [0.3, 0.4) is 0 Å². The van der Waals surface area contributed by atoms with E-state index in [1.54, 1.807) is 29.2 Å². The highest BCUT2D eigenvalue weighted by molar-refractivity contribution is 8.23. The molecule has 1 aromatic rings. The Kier molecular flexibility index (Phi) is 6.44. The summed E-state index contributed by atoms with van der Waals surface area (Å²) in [6, 6.07) is 5.77. The topological polar surface area (TPSA) is 76.1 Å². The lowest BCUT2D eigenvalue weighted by molar-refractivity contribution is -0.147. The van der Waals surface area contributed by atoms with Gasteiger partial charge in [-0.25, -0.2) is 4.79 Å². The summed E-state index contributed by atoms with van der Waals surface area (Å²) >= 11 is 6.81. The monoisotopic (exact) mass is 369 g/mol. The van der Waals surface area contributed by atoms with Crippen LogP contribution in [-0.4, -0.2) is 58.3 Å². The SMILES string of the molecule is COC(=O)CC1CSC(=S)N1[C@@H](Cc1ccc(O)cc1)C(=O)OC. The molecule has 0 aliphatic carbocycles. The molecular formula is C16H19NO5S2. The first-order chi connectivity index (χ1) is 11.5. The lowest BCUT2D eigenvalue weighted by Gasteiger charge is -2.32. The first kappa shape index (κ1) is 18.5. The Bertz CT molecular complexity index is 619. The molecular weight excluding hydrogens is 350 g/mol. The van der Waals surface area contributed by atoms with Crippen molar-refractivity contribution in [3.8, 4) is 5.75 Å². The average molecular weight is 369 g/mol. The molecule has 8 heteroatoms. The molecule has 0 saturated carbocycles. The number of thioether (sulfide) groups is 1. The molecule has 0 aromatic heterocycles. The van der Waals surface area contributed by atoms with Crippen molar-refractivity contribution < 1.29 is 24.2 Å². The Hall–Kier alpha value is -1.80. The van der Waals surface area contributed by atoms with Gasteiger partial charge in [0.15, 0.2) is 0 Å². The highest BCUT2D eigenvalue weighted by Gasteiger charge is 2.39. The van der Waals surface area contributed by atoms with Gasteiger partial charge in [0.2, 0.25) is 0 Å². The van der Waals surface area contributed by atoms with Gasteiger partial charge in [-0.2, -0.15) is 0 Å². The smallest absolute Gasteiger partial charge is 0.328 e. The van der Waals surface area contributed by atoms with Crippen molar-refractivity contribution in [2.75, 3.05) is 20.0 Å². The number of hydrogen-bond acceptors (Lipinski definition) is 7. The second kappa shape index (κ2) is 8.34. The predicted octanol–water partition coefficient (Wildman–Crippen LogP) is 1.74. The van der Waals surface area contributed by atoms with Crippen molar-refractivity contribution in [3.63, 3.8) is 0 Å². The molecule has 2 rings (SSSR count). The van der Waals surface area contributed by atoms with Crippen LogP contribution in [0.1, 0.15) is 12.0 Å². The van der Waals surface area contributed by atoms with E-state index in [9.17, 15) is 14.7 Å². The average Bonchev–Trinajstić information content (AvgIpc) is 2.93. The van der Waals surface area contributed by atoms with Crippen LogP contribution in [0.4, 0.5) is 0 Å². The minimum Gasteiger partial charge on any atom is -0.508 e. The lowest BCUT2D eigenvalue weighted by atomic mass is 10.0. The number of phenols is 1. The lowest BCUT2D eigenvalue weighted by Crippen LogP contribution is -2.48. The van der Waals surface area contributed by atoms with Crippen molar-refractivity contribution in [1.82, 2.24) is 4.90 Å². The summed E-state index contributed by atoms with van der Waals surface area (Å²) in [5.74, 6) is 0.0207. The molecule has 6 nitrogen and oxygen atoms in total. The number of hydrogen-bond donors (Lipinski definition) is 1. The van der Waals surface area contributed by atoms with Gasteiger partial charge in [-0.05, 0) is 17.7 Å². The number of methoxy groups -OCH3 is 2. The van der Waals surface area contributed by atoms with Crippen molar-refractivity contribution in [2.24, 2.45) is 0 Å². The van der Waals surface area contributed by atoms with E-state index >= 15 is 0 Å². The Morgan fingerprint density at radius 1 is 1.33 bits per heavy atom. The molecule has 0 radical (unpaired) electrons. The first-order valence-electron chi connectivity index (χ1n) is 7.34. The van der Waals surface area contributed by atoms with Crippen LogP contribution >= 0.6 is 24.0 Å². The molecule has 1 aliphatic heterocycles. The second-order valence-corrected chi connectivity index (χ2v) is 6.98. The van der Waals surface area contributed by atoms with Gasteiger partial charge < -0.3 is 19.5 Å². The molecule has 1 saturated heterocycles. The fourth-order valence-electron chi connectivity index (χ4n) is 2.57. The number of esters is 2. The number of ether oxygens (including phenoxy) is 2. The Morgan fingerprint density at radius 2 is 2.00 bits per heavy atom. The standard InChI is InChI=1S/C16H19NO5S2/c1-21-14(19)8-11-9-24-16(23)17(11)13(15(20)22-2)7-10-3-5-12(18)6-4-10/h3-6,11,13,18H,7-9H2,1-2H3/t11?,13-/m0/s1.